The first-order chi connectivity index (χ1) is 12.2. The Labute approximate surface area is 163 Å². The molecule has 0 spiro atoms. The molecule has 2 aromatic heterocycles. The molecule has 0 radical (unpaired) electrons. The van der Waals surface area contributed by atoms with E-state index in [2.05, 4.69) is 6.92 Å². The van der Waals surface area contributed by atoms with Crippen molar-refractivity contribution in [2.24, 2.45) is 0 Å². The number of hydrogen-bond donors (Lipinski definition) is 1. The van der Waals surface area contributed by atoms with E-state index in [1.807, 2.05) is 28.8 Å². The van der Waals surface area contributed by atoms with Crippen LogP contribution in [0.5, 0.6) is 0 Å². The first-order valence-electron chi connectivity index (χ1n) is 9.01. The summed E-state index contributed by atoms with van der Waals surface area (Å²) >= 11 is 0. The van der Waals surface area contributed by atoms with Crippen LogP contribution in [0.15, 0.2) is 47.1 Å². The van der Waals surface area contributed by atoms with Crippen molar-refractivity contribution in [3.8, 4) is 0 Å². The van der Waals surface area contributed by atoms with Crippen LogP contribution in [0.25, 0.3) is 11.0 Å². The maximum absolute atomic E-state index is 12.4. The second-order valence-electron chi connectivity index (χ2n) is 6.36. The van der Waals surface area contributed by atoms with Gasteiger partial charge in [-0.2, -0.15) is 0 Å². The fourth-order valence-corrected chi connectivity index (χ4v) is 3.21. The van der Waals surface area contributed by atoms with Gasteiger partial charge in [0.15, 0.2) is 5.76 Å². The zero-order chi connectivity index (χ0) is 17.6. The van der Waals surface area contributed by atoms with E-state index >= 15 is 0 Å². The number of nitrogens with one attached hydrogen (secondary N) is 1. The molecule has 0 amide bonds. The van der Waals surface area contributed by atoms with Crippen LogP contribution in [0, 0.1) is 5.41 Å². The monoisotopic (exact) mass is 418 g/mol. The predicted molar refractivity (Wildman–Crippen MR) is 97.6 cm³/mol. The van der Waals surface area contributed by atoms with Crippen LogP contribution in [0.3, 0.4) is 0 Å². The third-order valence-electron chi connectivity index (χ3n) is 4.56. The summed E-state index contributed by atoms with van der Waals surface area (Å²) in [6.45, 7) is 3.14. The van der Waals surface area contributed by atoms with Gasteiger partial charge in [0.05, 0.1) is 23.8 Å². The molecule has 0 saturated heterocycles. The maximum atomic E-state index is 12.4. The number of carbonyl (C=O) groups excluding carboxylic acids is 1. The fraction of sp³-hybridized carbons (Fsp3) is 0.400. The lowest BCUT2D eigenvalue weighted by Crippen LogP contribution is -3.00. The van der Waals surface area contributed by atoms with Crippen LogP contribution in [0.1, 0.15) is 49.6 Å². The highest BCUT2D eigenvalue weighted by molar-refractivity contribution is 5.94. The second-order valence-corrected chi connectivity index (χ2v) is 6.36. The van der Waals surface area contributed by atoms with Crippen LogP contribution >= 0.6 is 0 Å². The minimum atomic E-state index is -0.116. The molecule has 6 heteroatoms. The van der Waals surface area contributed by atoms with Gasteiger partial charge in [0.1, 0.15) is 0 Å². The number of hydrogen-bond acceptors (Lipinski definition) is 3. The Kier molecular flexibility index (Phi) is 7.45. The number of aromatic nitrogens is 2. The van der Waals surface area contributed by atoms with E-state index in [-0.39, 0.29) is 29.3 Å². The average Bonchev–Trinajstić information content (AvgIpc) is 3.24. The zero-order valence-electron chi connectivity index (χ0n) is 15.1. The normalized spacial score (nSPS) is 10.8. The van der Waals surface area contributed by atoms with E-state index in [4.69, 9.17) is 9.83 Å². The first-order valence-corrected chi connectivity index (χ1v) is 9.01. The van der Waals surface area contributed by atoms with E-state index in [1.165, 1.54) is 31.9 Å². The van der Waals surface area contributed by atoms with Crippen molar-refractivity contribution in [3.63, 3.8) is 0 Å². The molecule has 0 saturated carbocycles. The third-order valence-corrected chi connectivity index (χ3v) is 4.56. The molecule has 26 heavy (non-hydrogen) atoms. The fourth-order valence-electron chi connectivity index (χ4n) is 3.21. The Morgan fingerprint density at radius 2 is 1.69 bits per heavy atom. The highest BCUT2D eigenvalue weighted by atomic mass is 79.9. The Balaban J connectivity index is 0.00000243. The van der Waals surface area contributed by atoms with Crippen LogP contribution in [0.2, 0.25) is 0 Å². The lowest BCUT2D eigenvalue weighted by Gasteiger charge is -2.04. The van der Waals surface area contributed by atoms with Gasteiger partial charge in [-0.15, -0.1) is 0 Å². The van der Waals surface area contributed by atoms with E-state index in [0.29, 0.717) is 11.4 Å². The molecular weight excluding hydrogens is 394 g/mol. The van der Waals surface area contributed by atoms with Crippen LogP contribution in [0.4, 0.5) is 0 Å². The molecule has 0 bridgehead atoms. The highest BCUT2D eigenvalue weighted by Crippen LogP contribution is 2.15. The zero-order valence-corrected chi connectivity index (χ0v) is 16.7. The molecule has 0 aliphatic rings. The summed E-state index contributed by atoms with van der Waals surface area (Å²) in [5.41, 5.74) is 2.30. The minimum Gasteiger partial charge on any atom is -1.00 e. The minimum absolute atomic E-state index is 0. The standard InChI is InChI=1S/C20H25N3O2.BrH/c1-2-3-4-5-8-13-22-16-10-6-7-11-17(16)23(20(22)21)15-18(24)19-12-9-14-25-19;/h6-7,9-12,14,21H,2-5,8,13,15H2,1H3;1H/p-1. The molecule has 0 atom stereocenters. The molecule has 2 heterocycles. The number of imidazole rings is 1. The number of furan rings is 1. The number of aryl methyl sites for hydroxylation is 1. The third kappa shape index (κ3) is 4.36. The van der Waals surface area contributed by atoms with Gasteiger partial charge in [-0.25, -0.2) is 0 Å². The van der Waals surface area contributed by atoms with Gasteiger partial charge in [0.2, 0.25) is 11.4 Å². The smallest absolute Gasteiger partial charge is 0.217 e. The van der Waals surface area contributed by atoms with Crippen LogP contribution in [-0.4, -0.2) is 14.9 Å². The van der Waals surface area contributed by atoms with Crippen molar-refractivity contribution < 1.29 is 26.2 Å². The van der Waals surface area contributed by atoms with Crippen molar-refractivity contribution in [1.82, 2.24) is 9.13 Å². The summed E-state index contributed by atoms with van der Waals surface area (Å²) in [6, 6.07) is 11.3. The van der Waals surface area contributed by atoms with Gasteiger partial charge in [-0.05, 0) is 30.7 Å². The number of ketones is 1. The van der Waals surface area contributed by atoms with Gasteiger partial charge < -0.3 is 30.5 Å². The summed E-state index contributed by atoms with van der Waals surface area (Å²) < 4.78 is 8.98. The largest absolute Gasteiger partial charge is 1.00 e. The van der Waals surface area contributed by atoms with Gasteiger partial charge in [-0.1, -0.05) is 44.7 Å². The number of carbonyl (C=O) groups is 1. The topological polar surface area (TPSA) is 63.9 Å². The molecule has 0 aliphatic heterocycles. The number of fused-ring (bicyclic) bond motifs is 1. The number of nitrogens with zero attached hydrogens (tertiary/aromatic N) is 2. The molecule has 5 nitrogen and oxygen atoms in total. The van der Waals surface area contributed by atoms with E-state index < -0.39 is 0 Å². The molecule has 1 N–H and O–H groups in total. The van der Waals surface area contributed by atoms with Crippen molar-refractivity contribution in [2.75, 3.05) is 0 Å². The van der Waals surface area contributed by atoms with Crippen molar-refractivity contribution in [1.29, 1.82) is 5.41 Å². The summed E-state index contributed by atoms with van der Waals surface area (Å²) in [5, 5.41) is 8.55. The molecule has 0 fully saturated rings. The lowest BCUT2D eigenvalue weighted by molar-refractivity contribution is -0.0000134. The van der Waals surface area contributed by atoms with Gasteiger partial charge >= 0.3 is 0 Å². The Hall–Kier alpha value is -2.08. The Bertz CT molecular complexity index is 894. The Morgan fingerprint density at radius 3 is 2.35 bits per heavy atom. The molecule has 3 rings (SSSR count). The molecule has 0 aliphatic carbocycles. The molecular formula is C20H25BrN3O2-. The van der Waals surface area contributed by atoms with E-state index in [9.17, 15) is 4.79 Å². The average molecular weight is 419 g/mol. The Morgan fingerprint density at radius 1 is 1.00 bits per heavy atom. The summed E-state index contributed by atoms with van der Waals surface area (Å²) in [5.74, 6) is 0.220. The predicted octanol–water partition coefficient (Wildman–Crippen LogP) is 1.37. The molecule has 3 aromatic rings. The number of halogens is 1. The SMILES string of the molecule is CCCCCCCn1c(=N)n(CC(=O)c2ccco2)c2ccccc21.[Br-]. The van der Waals surface area contributed by atoms with E-state index in [1.54, 1.807) is 16.7 Å². The van der Waals surface area contributed by atoms with E-state index in [0.717, 1.165) is 24.0 Å². The van der Waals surface area contributed by atoms with Crippen LogP contribution < -0.4 is 22.6 Å². The molecule has 140 valence electrons. The lowest BCUT2D eigenvalue weighted by atomic mass is 10.1. The summed E-state index contributed by atoms with van der Waals surface area (Å²) in [6.07, 6.45) is 7.45. The first kappa shape index (κ1) is 20.2. The van der Waals surface area contributed by atoms with Crippen molar-refractivity contribution in [2.45, 2.75) is 52.1 Å². The van der Waals surface area contributed by atoms with Crippen molar-refractivity contribution >= 4 is 16.8 Å². The van der Waals surface area contributed by atoms with Crippen molar-refractivity contribution in [3.05, 3.63) is 54.0 Å². The quantitative estimate of drug-likeness (QED) is 0.421. The van der Waals surface area contributed by atoms with Gasteiger partial charge in [0.25, 0.3) is 0 Å². The number of rotatable bonds is 9. The highest BCUT2D eigenvalue weighted by Gasteiger charge is 2.15. The number of Topliss-reactive ketones (excluding diaryl/α,β-unsaturated/α-hetero) is 1. The van der Waals surface area contributed by atoms with Gasteiger partial charge in [-0.3, -0.25) is 10.2 Å². The maximum Gasteiger partial charge on any atom is 0.217 e. The molecule has 1 aromatic carbocycles. The summed E-state index contributed by atoms with van der Waals surface area (Å²) in [4.78, 5) is 12.4. The number of unbranched alkanes of at least 4 members (excludes halogenated alkanes) is 4. The summed E-state index contributed by atoms with van der Waals surface area (Å²) in [7, 11) is 0. The number of benzene rings is 1. The number of para-hydroxylation sites is 2. The molecule has 0 unspecified atom stereocenters. The van der Waals surface area contributed by atoms with Crippen LogP contribution in [-0.2, 0) is 13.1 Å². The second kappa shape index (κ2) is 9.57. The van der Waals surface area contributed by atoms with Gasteiger partial charge in [0, 0.05) is 6.54 Å².